The summed E-state index contributed by atoms with van der Waals surface area (Å²) in [6.45, 7) is 0. The molecule has 0 aromatic heterocycles. The topological polar surface area (TPSA) is 84.9 Å². The highest BCUT2D eigenvalue weighted by Gasteiger charge is 2.32. The minimum absolute atomic E-state index is 0.150. The number of carboxylic acids is 1. The molecule has 0 fully saturated rings. The summed E-state index contributed by atoms with van der Waals surface area (Å²) in [5.74, 6) is -1.70. The lowest BCUT2D eigenvalue weighted by atomic mass is 9.93. The van der Waals surface area contributed by atoms with Crippen LogP contribution >= 0.6 is 0 Å². The molecule has 6 nitrogen and oxygen atoms in total. The number of amides is 1. The zero-order valence-corrected chi connectivity index (χ0v) is 10.0. The van der Waals surface area contributed by atoms with Crippen molar-refractivity contribution in [2.24, 2.45) is 5.92 Å². The Kier molecular flexibility index (Phi) is 3.10. The molecule has 1 atom stereocenters. The van der Waals surface area contributed by atoms with Crippen molar-refractivity contribution in [3.05, 3.63) is 17.7 Å². The molecule has 1 aromatic carbocycles. The second-order valence-electron chi connectivity index (χ2n) is 3.95. The smallest absolute Gasteiger partial charge is 0.316 e. The van der Waals surface area contributed by atoms with E-state index in [0.29, 0.717) is 17.2 Å². The van der Waals surface area contributed by atoms with Crippen molar-refractivity contribution in [2.45, 2.75) is 6.42 Å². The molecule has 1 heterocycles. The maximum Gasteiger partial charge on any atom is 0.316 e. The predicted octanol–water partition coefficient (Wildman–Crippen LogP) is 0.899. The fourth-order valence-electron chi connectivity index (χ4n) is 1.94. The Morgan fingerprint density at radius 3 is 2.50 bits per heavy atom. The van der Waals surface area contributed by atoms with E-state index in [1.807, 2.05) is 0 Å². The number of methoxy groups -OCH3 is 2. The lowest BCUT2D eigenvalue weighted by Crippen LogP contribution is -2.35. The molecular weight excluding hydrogens is 238 g/mol. The number of anilines is 1. The number of hydrogen-bond donors (Lipinski definition) is 2. The van der Waals surface area contributed by atoms with Crippen LogP contribution in [0.2, 0.25) is 0 Å². The largest absolute Gasteiger partial charge is 0.493 e. The first-order valence-electron chi connectivity index (χ1n) is 5.35. The molecule has 6 heteroatoms. The molecule has 1 aromatic rings. The molecule has 0 spiro atoms. The number of aliphatic carboxylic acids is 1. The number of carbonyl (C=O) groups excluding carboxylic acids is 1. The third-order valence-electron chi connectivity index (χ3n) is 2.91. The lowest BCUT2D eigenvalue weighted by molar-refractivity contribution is -0.145. The van der Waals surface area contributed by atoms with Crippen LogP contribution in [0.4, 0.5) is 5.69 Å². The Labute approximate surface area is 104 Å². The van der Waals surface area contributed by atoms with E-state index < -0.39 is 17.8 Å². The van der Waals surface area contributed by atoms with E-state index in [-0.39, 0.29) is 6.42 Å². The maximum atomic E-state index is 11.6. The van der Waals surface area contributed by atoms with Gasteiger partial charge in [0.25, 0.3) is 0 Å². The second kappa shape index (κ2) is 4.56. The van der Waals surface area contributed by atoms with Gasteiger partial charge in [-0.15, -0.1) is 0 Å². The molecule has 0 aliphatic carbocycles. The number of carboxylic acid groups (broad SMARTS) is 1. The number of ether oxygens (including phenoxy) is 2. The average molecular weight is 251 g/mol. The first-order chi connectivity index (χ1) is 8.56. The van der Waals surface area contributed by atoms with Crippen LogP contribution in [-0.2, 0) is 16.0 Å². The van der Waals surface area contributed by atoms with Gasteiger partial charge in [0, 0.05) is 11.8 Å². The Bertz CT molecular complexity index is 511. The Morgan fingerprint density at radius 1 is 1.33 bits per heavy atom. The van der Waals surface area contributed by atoms with Crippen molar-refractivity contribution in [3.8, 4) is 11.5 Å². The van der Waals surface area contributed by atoms with Crippen molar-refractivity contribution in [3.63, 3.8) is 0 Å². The number of nitrogens with one attached hydrogen (secondary N) is 1. The van der Waals surface area contributed by atoms with Gasteiger partial charge in [0.1, 0.15) is 5.92 Å². The molecule has 1 amide bonds. The number of benzene rings is 1. The molecule has 0 bridgehead atoms. The van der Waals surface area contributed by atoms with Crippen molar-refractivity contribution in [1.82, 2.24) is 0 Å². The summed E-state index contributed by atoms with van der Waals surface area (Å²) in [4.78, 5) is 22.5. The van der Waals surface area contributed by atoms with Gasteiger partial charge in [-0.1, -0.05) is 0 Å². The summed E-state index contributed by atoms with van der Waals surface area (Å²) in [7, 11) is 3.00. The number of rotatable bonds is 3. The zero-order chi connectivity index (χ0) is 13.3. The molecule has 1 aliphatic heterocycles. The molecule has 0 radical (unpaired) electrons. The van der Waals surface area contributed by atoms with E-state index in [1.165, 1.54) is 14.2 Å². The Hall–Kier alpha value is -2.24. The van der Waals surface area contributed by atoms with E-state index >= 15 is 0 Å². The second-order valence-corrected chi connectivity index (χ2v) is 3.95. The van der Waals surface area contributed by atoms with Gasteiger partial charge in [-0.05, 0) is 18.1 Å². The van der Waals surface area contributed by atoms with E-state index in [1.54, 1.807) is 12.1 Å². The minimum atomic E-state index is -1.13. The molecule has 18 heavy (non-hydrogen) atoms. The van der Waals surface area contributed by atoms with Crippen LogP contribution in [0.25, 0.3) is 0 Å². The van der Waals surface area contributed by atoms with Gasteiger partial charge in [-0.25, -0.2) is 0 Å². The standard InChI is InChI=1S/C12H13NO5/c1-17-9-4-6-3-7(12(15)16)11(14)13-8(6)5-10(9)18-2/h4-5,7H,3H2,1-2H3,(H,13,14)(H,15,16). The van der Waals surface area contributed by atoms with E-state index in [4.69, 9.17) is 14.6 Å². The summed E-state index contributed by atoms with van der Waals surface area (Å²) in [6, 6.07) is 3.31. The van der Waals surface area contributed by atoms with Crippen LogP contribution in [-0.4, -0.2) is 31.2 Å². The van der Waals surface area contributed by atoms with Crippen LogP contribution in [0, 0.1) is 5.92 Å². The molecular formula is C12H13NO5. The highest BCUT2D eigenvalue weighted by Crippen LogP contribution is 2.36. The van der Waals surface area contributed by atoms with Gasteiger partial charge in [0.2, 0.25) is 5.91 Å². The van der Waals surface area contributed by atoms with Crippen molar-refractivity contribution in [1.29, 1.82) is 0 Å². The Morgan fingerprint density at radius 2 is 1.94 bits per heavy atom. The molecule has 1 unspecified atom stereocenters. The van der Waals surface area contributed by atoms with Gasteiger partial charge < -0.3 is 19.9 Å². The SMILES string of the molecule is COc1cc2c(cc1OC)NC(=O)C(C(=O)O)C2. The van der Waals surface area contributed by atoms with Crippen LogP contribution in [0.1, 0.15) is 5.56 Å². The first-order valence-corrected chi connectivity index (χ1v) is 5.35. The third-order valence-corrected chi connectivity index (χ3v) is 2.91. The lowest BCUT2D eigenvalue weighted by Gasteiger charge is -2.23. The fraction of sp³-hybridized carbons (Fsp3) is 0.333. The van der Waals surface area contributed by atoms with E-state index in [0.717, 1.165) is 5.56 Å². The third kappa shape index (κ3) is 1.97. The molecule has 2 N–H and O–H groups in total. The molecule has 96 valence electrons. The highest BCUT2D eigenvalue weighted by molar-refractivity contribution is 6.06. The van der Waals surface area contributed by atoms with Gasteiger partial charge in [-0.3, -0.25) is 9.59 Å². The summed E-state index contributed by atoms with van der Waals surface area (Å²) in [5, 5.41) is 11.5. The molecule has 0 saturated carbocycles. The predicted molar refractivity (Wildman–Crippen MR) is 63.0 cm³/mol. The van der Waals surface area contributed by atoms with Gasteiger partial charge in [0.05, 0.1) is 14.2 Å². The fourth-order valence-corrected chi connectivity index (χ4v) is 1.94. The summed E-state index contributed by atoms with van der Waals surface area (Å²) >= 11 is 0. The van der Waals surface area contributed by atoms with Crippen molar-refractivity contribution < 1.29 is 24.2 Å². The number of hydrogen-bond acceptors (Lipinski definition) is 4. The van der Waals surface area contributed by atoms with Crippen molar-refractivity contribution >= 4 is 17.6 Å². The van der Waals surface area contributed by atoms with Gasteiger partial charge in [0.15, 0.2) is 11.5 Å². The number of fused-ring (bicyclic) bond motifs is 1. The van der Waals surface area contributed by atoms with Crippen LogP contribution in [0.15, 0.2) is 12.1 Å². The average Bonchev–Trinajstić information content (AvgIpc) is 2.36. The molecule has 0 saturated heterocycles. The minimum Gasteiger partial charge on any atom is -0.493 e. The van der Waals surface area contributed by atoms with Crippen LogP contribution in [0.3, 0.4) is 0 Å². The summed E-state index contributed by atoms with van der Waals surface area (Å²) in [5.41, 5.74) is 1.29. The molecule has 2 rings (SSSR count). The normalized spacial score (nSPS) is 17.7. The van der Waals surface area contributed by atoms with E-state index in [9.17, 15) is 9.59 Å². The molecule has 1 aliphatic rings. The van der Waals surface area contributed by atoms with Gasteiger partial charge >= 0.3 is 5.97 Å². The summed E-state index contributed by atoms with van der Waals surface area (Å²) in [6.07, 6.45) is 0.150. The van der Waals surface area contributed by atoms with Crippen molar-refractivity contribution in [2.75, 3.05) is 19.5 Å². The highest BCUT2D eigenvalue weighted by atomic mass is 16.5. The quantitative estimate of drug-likeness (QED) is 0.779. The first kappa shape index (κ1) is 12.2. The van der Waals surface area contributed by atoms with E-state index in [2.05, 4.69) is 5.32 Å². The summed E-state index contributed by atoms with van der Waals surface area (Å²) < 4.78 is 10.3. The maximum absolute atomic E-state index is 11.6. The van der Waals surface area contributed by atoms with Crippen LogP contribution < -0.4 is 14.8 Å². The van der Waals surface area contributed by atoms with Crippen LogP contribution in [0.5, 0.6) is 11.5 Å². The van der Waals surface area contributed by atoms with Gasteiger partial charge in [-0.2, -0.15) is 0 Å². The Balaban J connectivity index is 2.43. The monoisotopic (exact) mass is 251 g/mol. The number of carbonyl (C=O) groups is 2. The zero-order valence-electron chi connectivity index (χ0n) is 10.0.